The average molecular weight is 377 g/mol. The number of hydrogen-bond acceptors (Lipinski definition) is 4. The highest BCUT2D eigenvalue weighted by atomic mass is 16.5. The van der Waals surface area contributed by atoms with Gasteiger partial charge in [0, 0.05) is 30.8 Å². The second-order valence-electron chi connectivity index (χ2n) is 8.67. The number of ketones is 1. The molecule has 146 valence electrons. The minimum Gasteiger partial charge on any atom is -0.497 e. The molecule has 2 bridgehead atoms. The van der Waals surface area contributed by atoms with E-state index in [1.165, 1.54) is 11.1 Å². The predicted octanol–water partition coefficient (Wildman–Crippen LogP) is 3.25. The van der Waals surface area contributed by atoms with Gasteiger partial charge >= 0.3 is 0 Å². The first-order valence-electron chi connectivity index (χ1n) is 10.3. The first-order chi connectivity index (χ1) is 13.6. The minimum atomic E-state index is -0.868. The van der Waals surface area contributed by atoms with Crippen LogP contribution in [0.2, 0.25) is 0 Å². The molecule has 4 heteroatoms. The second kappa shape index (κ2) is 6.43. The number of fused-ring (bicyclic) bond motifs is 1. The van der Waals surface area contributed by atoms with Gasteiger partial charge in [0.2, 0.25) is 0 Å². The second-order valence-corrected chi connectivity index (χ2v) is 8.67. The molecule has 2 aromatic carbocycles. The average Bonchev–Trinajstić information content (AvgIpc) is 2.71. The molecule has 0 aromatic heterocycles. The molecule has 2 aromatic rings. The molecule has 1 aliphatic heterocycles. The Kier molecular flexibility index (Phi) is 4.11. The van der Waals surface area contributed by atoms with Crippen LogP contribution in [0.4, 0.5) is 0 Å². The predicted molar refractivity (Wildman–Crippen MR) is 107 cm³/mol. The van der Waals surface area contributed by atoms with E-state index in [0.717, 1.165) is 37.2 Å². The Morgan fingerprint density at radius 1 is 1.18 bits per heavy atom. The number of hydrogen-bond donors (Lipinski definition) is 1. The molecule has 0 spiro atoms. The molecule has 3 atom stereocenters. The number of ether oxygens (including phenoxy) is 1. The monoisotopic (exact) mass is 377 g/mol. The van der Waals surface area contributed by atoms with Crippen LogP contribution in [0.3, 0.4) is 0 Å². The third kappa shape index (κ3) is 2.48. The Morgan fingerprint density at radius 3 is 2.79 bits per heavy atom. The smallest absolute Gasteiger partial charge is 0.134 e. The van der Waals surface area contributed by atoms with Crippen molar-refractivity contribution in [3.05, 3.63) is 65.2 Å². The first-order valence-corrected chi connectivity index (χ1v) is 10.3. The molecule has 28 heavy (non-hydrogen) atoms. The van der Waals surface area contributed by atoms with Crippen molar-refractivity contribution in [2.45, 2.75) is 55.7 Å². The first kappa shape index (κ1) is 17.9. The van der Waals surface area contributed by atoms with Crippen molar-refractivity contribution in [1.29, 1.82) is 0 Å². The van der Waals surface area contributed by atoms with Crippen molar-refractivity contribution in [3.8, 4) is 5.75 Å². The zero-order valence-electron chi connectivity index (χ0n) is 16.4. The third-order valence-electron chi connectivity index (χ3n) is 7.40. The summed E-state index contributed by atoms with van der Waals surface area (Å²) >= 11 is 0. The Bertz CT molecular complexity index is 911. The maximum Gasteiger partial charge on any atom is 0.134 e. The van der Waals surface area contributed by atoms with Crippen molar-refractivity contribution in [2.24, 2.45) is 0 Å². The van der Waals surface area contributed by atoms with Crippen LogP contribution >= 0.6 is 0 Å². The van der Waals surface area contributed by atoms with Crippen LogP contribution in [0.15, 0.2) is 48.5 Å². The Hall–Kier alpha value is -2.17. The summed E-state index contributed by atoms with van der Waals surface area (Å²) in [5.74, 6) is 1.08. The van der Waals surface area contributed by atoms with Crippen LogP contribution in [-0.2, 0) is 23.2 Å². The number of rotatable bonds is 3. The molecule has 0 amide bonds. The van der Waals surface area contributed by atoms with Crippen LogP contribution < -0.4 is 4.74 Å². The number of likely N-dealkylation sites (tertiary alicyclic amines) is 1. The van der Waals surface area contributed by atoms with E-state index >= 15 is 0 Å². The van der Waals surface area contributed by atoms with Crippen molar-refractivity contribution in [1.82, 2.24) is 4.90 Å². The van der Waals surface area contributed by atoms with E-state index in [9.17, 15) is 9.90 Å². The molecule has 5 rings (SSSR count). The van der Waals surface area contributed by atoms with Gasteiger partial charge in [0.25, 0.3) is 0 Å². The number of nitrogens with zero attached hydrogens (tertiary/aromatic N) is 1. The van der Waals surface area contributed by atoms with Gasteiger partial charge in [-0.05, 0) is 54.6 Å². The molecular weight excluding hydrogens is 350 g/mol. The molecule has 1 saturated heterocycles. The van der Waals surface area contributed by atoms with Gasteiger partial charge in [-0.2, -0.15) is 0 Å². The summed E-state index contributed by atoms with van der Waals surface area (Å²) in [7, 11) is 1.67. The van der Waals surface area contributed by atoms with Gasteiger partial charge in [-0.1, -0.05) is 36.4 Å². The molecule has 2 aliphatic carbocycles. The highest BCUT2D eigenvalue weighted by Crippen LogP contribution is 2.58. The summed E-state index contributed by atoms with van der Waals surface area (Å²) in [6.45, 7) is 1.73. The van der Waals surface area contributed by atoms with E-state index in [1.807, 2.05) is 12.1 Å². The van der Waals surface area contributed by atoms with Gasteiger partial charge in [-0.25, -0.2) is 0 Å². The maximum absolute atomic E-state index is 12.5. The largest absolute Gasteiger partial charge is 0.497 e. The van der Waals surface area contributed by atoms with Gasteiger partial charge < -0.3 is 9.84 Å². The lowest BCUT2D eigenvalue weighted by Crippen LogP contribution is -2.73. The fraction of sp³-hybridized carbons (Fsp3) is 0.458. The summed E-state index contributed by atoms with van der Waals surface area (Å²) in [6, 6.07) is 16.7. The van der Waals surface area contributed by atoms with Crippen molar-refractivity contribution in [2.75, 3.05) is 13.7 Å². The summed E-state index contributed by atoms with van der Waals surface area (Å²) in [4.78, 5) is 15.0. The molecule has 0 radical (unpaired) electrons. The number of benzene rings is 2. The number of carbonyl (C=O) groups excluding carboxylic acids is 1. The molecule has 1 saturated carbocycles. The van der Waals surface area contributed by atoms with Crippen LogP contribution in [0.5, 0.6) is 5.75 Å². The zero-order valence-corrected chi connectivity index (χ0v) is 16.4. The third-order valence-corrected chi connectivity index (χ3v) is 7.40. The highest BCUT2D eigenvalue weighted by molar-refractivity contribution is 5.82. The van der Waals surface area contributed by atoms with Crippen molar-refractivity contribution < 1.29 is 14.6 Å². The van der Waals surface area contributed by atoms with E-state index < -0.39 is 11.0 Å². The Balaban J connectivity index is 1.60. The number of piperidine rings is 1. The maximum atomic E-state index is 12.5. The molecule has 3 aliphatic rings. The fourth-order valence-electron chi connectivity index (χ4n) is 6.01. The lowest BCUT2D eigenvalue weighted by atomic mass is 9.49. The Labute approximate surface area is 166 Å². The van der Waals surface area contributed by atoms with Crippen LogP contribution in [0.25, 0.3) is 0 Å². The zero-order chi connectivity index (χ0) is 19.4. The normalized spacial score (nSPS) is 31.8. The lowest BCUT2D eigenvalue weighted by Gasteiger charge is -2.63. The van der Waals surface area contributed by atoms with Crippen LogP contribution in [0, 0.1) is 0 Å². The van der Waals surface area contributed by atoms with Gasteiger partial charge in [-0.3, -0.25) is 9.69 Å². The number of Topliss-reactive ketones (excluding diaryl/α,β-unsaturated/α-hetero) is 1. The molecule has 4 nitrogen and oxygen atoms in total. The number of carbonyl (C=O) groups is 1. The quantitative estimate of drug-likeness (QED) is 0.892. The minimum absolute atomic E-state index is 0.0375. The number of aliphatic hydroxyl groups is 1. The van der Waals surface area contributed by atoms with Crippen molar-refractivity contribution in [3.63, 3.8) is 0 Å². The lowest BCUT2D eigenvalue weighted by molar-refractivity contribution is -0.174. The van der Waals surface area contributed by atoms with Crippen LogP contribution in [-0.4, -0.2) is 41.1 Å². The fourth-order valence-corrected chi connectivity index (χ4v) is 6.01. The van der Waals surface area contributed by atoms with E-state index in [1.54, 1.807) is 7.11 Å². The SMILES string of the molecule is COc1ccc2c(c1)[C@]13CCN(Cc4ccccc4)[C@H](C2)[C@]1(O)CCC(=O)C3. The summed E-state index contributed by atoms with van der Waals surface area (Å²) in [5.41, 5.74) is 2.31. The summed E-state index contributed by atoms with van der Waals surface area (Å²) < 4.78 is 5.48. The van der Waals surface area contributed by atoms with Crippen molar-refractivity contribution >= 4 is 5.78 Å². The highest BCUT2D eigenvalue weighted by Gasteiger charge is 2.64. The molecule has 1 N–H and O–H groups in total. The summed E-state index contributed by atoms with van der Waals surface area (Å²) in [6.07, 6.45) is 3.10. The molecule has 1 heterocycles. The van der Waals surface area contributed by atoms with Crippen LogP contribution in [0.1, 0.15) is 42.4 Å². The van der Waals surface area contributed by atoms with E-state index in [2.05, 4.69) is 41.3 Å². The molecular formula is C24H27NO3. The van der Waals surface area contributed by atoms with E-state index in [4.69, 9.17) is 4.74 Å². The van der Waals surface area contributed by atoms with Gasteiger partial charge in [0.1, 0.15) is 11.5 Å². The molecule has 0 unspecified atom stereocenters. The standard InChI is InChI=1S/C24H27NO3/c1-28-20-8-7-18-13-22-24(27)10-9-19(26)15-23(24,21(18)14-20)11-12-25(22)16-17-5-3-2-4-6-17/h2-8,14,22,27H,9-13,15-16H2,1H3/t22-,23-,24-/m1/s1. The van der Waals surface area contributed by atoms with E-state index in [-0.39, 0.29) is 11.8 Å². The topological polar surface area (TPSA) is 49.8 Å². The van der Waals surface area contributed by atoms with Gasteiger partial charge in [-0.15, -0.1) is 0 Å². The van der Waals surface area contributed by atoms with Gasteiger partial charge in [0.05, 0.1) is 12.7 Å². The molecule has 2 fully saturated rings. The number of methoxy groups -OCH3 is 1. The summed E-state index contributed by atoms with van der Waals surface area (Å²) in [5, 5.41) is 12.1. The van der Waals surface area contributed by atoms with E-state index in [0.29, 0.717) is 19.3 Å². The Morgan fingerprint density at radius 2 is 2.00 bits per heavy atom. The van der Waals surface area contributed by atoms with Gasteiger partial charge in [0.15, 0.2) is 0 Å².